The molecule has 2 rings (SSSR count). The largest absolute Gasteiger partial charge is 0.497 e. The number of hydrazone groups is 1. The third-order valence-corrected chi connectivity index (χ3v) is 3.43. The number of aryl methyl sites for hydroxylation is 2. The number of rotatable bonds is 5. The summed E-state index contributed by atoms with van der Waals surface area (Å²) < 4.78 is 7.00. The predicted octanol–water partition coefficient (Wildman–Crippen LogP) is 2.29. The van der Waals surface area contributed by atoms with E-state index < -0.39 is 0 Å². The van der Waals surface area contributed by atoms with Gasteiger partial charge in [-0.2, -0.15) is 10.2 Å². The number of hydrogen-bond donors (Lipinski definition) is 1. The Morgan fingerprint density at radius 3 is 2.86 bits per heavy atom. The van der Waals surface area contributed by atoms with E-state index in [1.54, 1.807) is 37.6 Å². The Kier molecular flexibility index (Phi) is 4.93. The van der Waals surface area contributed by atoms with Crippen LogP contribution in [-0.2, 0) is 6.54 Å². The van der Waals surface area contributed by atoms with E-state index >= 15 is 0 Å². The Balaban J connectivity index is 2.09. The molecule has 1 aromatic heterocycles. The quantitative estimate of drug-likeness (QED) is 0.680. The first-order valence-corrected chi connectivity index (χ1v) is 7.08. The van der Waals surface area contributed by atoms with Crippen molar-refractivity contribution in [3.05, 3.63) is 46.8 Å². The zero-order valence-corrected chi connectivity index (χ0v) is 13.3. The molecule has 1 aromatic carbocycles. The third-order valence-electron chi connectivity index (χ3n) is 3.43. The highest BCUT2D eigenvalue weighted by Crippen LogP contribution is 2.12. The van der Waals surface area contributed by atoms with Gasteiger partial charge in [-0.3, -0.25) is 9.48 Å². The van der Waals surface area contributed by atoms with E-state index in [9.17, 15) is 4.79 Å². The maximum atomic E-state index is 12.0. The number of nitrogens with one attached hydrogen (secondary N) is 1. The van der Waals surface area contributed by atoms with Crippen molar-refractivity contribution in [2.45, 2.75) is 27.3 Å². The van der Waals surface area contributed by atoms with Gasteiger partial charge in [0.2, 0.25) is 0 Å². The van der Waals surface area contributed by atoms with Gasteiger partial charge < -0.3 is 4.74 Å². The summed E-state index contributed by atoms with van der Waals surface area (Å²) in [4.78, 5) is 12.0. The van der Waals surface area contributed by atoms with Crippen molar-refractivity contribution < 1.29 is 9.53 Å². The minimum atomic E-state index is -0.284. The summed E-state index contributed by atoms with van der Waals surface area (Å²) in [6, 6.07) is 6.92. The molecule has 0 spiro atoms. The maximum Gasteiger partial charge on any atom is 0.271 e. The van der Waals surface area contributed by atoms with E-state index in [4.69, 9.17) is 4.74 Å². The molecule has 0 saturated carbocycles. The van der Waals surface area contributed by atoms with Crippen molar-refractivity contribution in [3.8, 4) is 5.75 Å². The zero-order chi connectivity index (χ0) is 16.1. The summed E-state index contributed by atoms with van der Waals surface area (Å²) in [5.74, 6) is 0.348. The molecule has 0 atom stereocenters. The SMILES string of the molecule is CCn1nc(C)c(/C=N/NC(=O)c2cccc(OC)c2)c1C. The number of benzene rings is 1. The minimum Gasteiger partial charge on any atom is -0.497 e. The lowest BCUT2D eigenvalue weighted by atomic mass is 10.2. The highest BCUT2D eigenvalue weighted by Gasteiger charge is 2.09. The molecule has 2 aromatic rings. The van der Waals surface area contributed by atoms with E-state index in [2.05, 4.69) is 15.6 Å². The van der Waals surface area contributed by atoms with Gasteiger partial charge in [0.15, 0.2) is 0 Å². The van der Waals surface area contributed by atoms with Crippen molar-refractivity contribution >= 4 is 12.1 Å². The molecule has 6 heteroatoms. The lowest BCUT2D eigenvalue weighted by Crippen LogP contribution is -2.17. The van der Waals surface area contributed by atoms with Crippen LogP contribution in [0.3, 0.4) is 0 Å². The molecule has 0 aliphatic carbocycles. The highest BCUT2D eigenvalue weighted by molar-refractivity contribution is 5.95. The van der Waals surface area contributed by atoms with Gasteiger partial charge in [0, 0.05) is 23.4 Å². The molecule has 1 amide bonds. The molecule has 0 aliphatic heterocycles. The Bertz CT molecular complexity index is 704. The number of nitrogens with zero attached hydrogens (tertiary/aromatic N) is 3. The van der Waals surface area contributed by atoms with Crippen LogP contribution in [0.4, 0.5) is 0 Å². The van der Waals surface area contributed by atoms with Gasteiger partial charge >= 0.3 is 0 Å². The van der Waals surface area contributed by atoms with Gasteiger partial charge in [-0.25, -0.2) is 5.43 Å². The Hall–Kier alpha value is -2.63. The second-order valence-corrected chi connectivity index (χ2v) is 4.83. The van der Waals surface area contributed by atoms with E-state index in [1.165, 1.54) is 0 Å². The van der Waals surface area contributed by atoms with Crippen molar-refractivity contribution in [1.29, 1.82) is 0 Å². The number of ether oxygens (including phenoxy) is 1. The summed E-state index contributed by atoms with van der Waals surface area (Å²) in [5, 5.41) is 8.43. The molecule has 116 valence electrons. The molecule has 0 saturated heterocycles. The summed E-state index contributed by atoms with van der Waals surface area (Å²) >= 11 is 0. The van der Waals surface area contributed by atoms with Crippen LogP contribution in [0.25, 0.3) is 0 Å². The monoisotopic (exact) mass is 300 g/mol. The fourth-order valence-corrected chi connectivity index (χ4v) is 2.19. The molecule has 6 nitrogen and oxygen atoms in total. The molecule has 1 heterocycles. The predicted molar refractivity (Wildman–Crippen MR) is 85.4 cm³/mol. The van der Waals surface area contributed by atoms with Crippen LogP contribution in [0.5, 0.6) is 5.75 Å². The molecule has 22 heavy (non-hydrogen) atoms. The van der Waals surface area contributed by atoms with Crippen LogP contribution in [-0.4, -0.2) is 29.0 Å². The first-order valence-electron chi connectivity index (χ1n) is 7.08. The highest BCUT2D eigenvalue weighted by atomic mass is 16.5. The number of carbonyl (C=O) groups excluding carboxylic acids is 1. The molecule has 0 radical (unpaired) electrons. The topological polar surface area (TPSA) is 68.5 Å². The van der Waals surface area contributed by atoms with Crippen LogP contribution in [0, 0.1) is 13.8 Å². The number of hydrogen-bond acceptors (Lipinski definition) is 4. The fourth-order valence-electron chi connectivity index (χ4n) is 2.19. The smallest absolute Gasteiger partial charge is 0.271 e. The number of methoxy groups -OCH3 is 1. The number of carbonyl (C=O) groups is 1. The minimum absolute atomic E-state index is 0.284. The van der Waals surface area contributed by atoms with Crippen molar-refractivity contribution in [2.24, 2.45) is 5.10 Å². The van der Waals surface area contributed by atoms with Crippen LogP contribution < -0.4 is 10.2 Å². The summed E-state index contributed by atoms with van der Waals surface area (Å²) in [7, 11) is 1.56. The van der Waals surface area contributed by atoms with Gasteiger partial charge in [0.25, 0.3) is 5.91 Å². The molecular formula is C16H20N4O2. The zero-order valence-electron chi connectivity index (χ0n) is 13.3. The standard InChI is InChI=1S/C16H20N4O2/c1-5-20-12(3)15(11(2)19-20)10-17-18-16(21)13-7-6-8-14(9-13)22-4/h6-10H,5H2,1-4H3,(H,18,21)/b17-10+. The van der Waals surface area contributed by atoms with Crippen LogP contribution in [0.2, 0.25) is 0 Å². The van der Waals surface area contributed by atoms with Gasteiger partial charge in [-0.05, 0) is 39.0 Å². The van der Waals surface area contributed by atoms with Gasteiger partial charge in [-0.1, -0.05) is 6.07 Å². The summed E-state index contributed by atoms with van der Waals surface area (Å²) in [6.45, 7) is 6.74. The second kappa shape index (κ2) is 6.89. The lowest BCUT2D eigenvalue weighted by Gasteiger charge is -2.03. The van der Waals surface area contributed by atoms with E-state index in [1.807, 2.05) is 25.5 Å². The Labute approximate surface area is 129 Å². The van der Waals surface area contributed by atoms with E-state index in [0.717, 1.165) is 23.5 Å². The van der Waals surface area contributed by atoms with E-state index in [0.29, 0.717) is 11.3 Å². The molecule has 0 unspecified atom stereocenters. The van der Waals surface area contributed by atoms with E-state index in [-0.39, 0.29) is 5.91 Å². The summed E-state index contributed by atoms with van der Waals surface area (Å²) in [5.41, 5.74) is 5.85. The first-order chi connectivity index (χ1) is 10.6. The fraction of sp³-hybridized carbons (Fsp3) is 0.312. The van der Waals surface area contributed by atoms with Crippen molar-refractivity contribution in [1.82, 2.24) is 15.2 Å². The molecular weight excluding hydrogens is 280 g/mol. The third kappa shape index (κ3) is 3.33. The van der Waals surface area contributed by atoms with Crippen molar-refractivity contribution in [2.75, 3.05) is 7.11 Å². The second-order valence-electron chi connectivity index (χ2n) is 4.83. The van der Waals surface area contributed by atoms with Gasteiger partial charge in [0.1, 0.15) is 5.75 Å². The average molecular weight is 300 g/mol. The summed E-state index contributed by atoms with van der Waals surface area (Å²) in [6.07, 6.45) is 1.63. The van der Waals surface area contributed by atoms with Gasteiger partial charge in [-0.15, -0.1) is 0 Å². The maximum absolute atomic E-state index is 12.0. The molecule has 0 fully saturated rings. The number of amides is 1. The van der Waals surface area contributed by atoms with Crippen molar-refractivity contribution in [3.63, 3.8) is 0 Å². The number of aromatic nitrogens is 2. The normalized spacial score (nSPS) is 10.9. The lowest BCUT2D eigenvalue weighted by molar-refractivity contribution is 0.0955. The van der Waals surface area contributed by atoms with Crippen LogP contribution >= 0.6 is 0 Å². The first kappa shape index (κ1) is 15.8. The van der Waals surface area contributed by atoms with Crippen LogP contribution in [0.15, 0.2) is 29.4 Å². The Morgan fingerprint density at radius 2 is 2.23 bits per heavy atom. The average Bonchev–Trinajstić information content (AvgIpc) is 2.82. The van der Waals surface area contributed by atoms with Crippen LogP contribution in [0.1, 0.15) is 34.2 Å². The molecule has 0 aliphatic rings. The molecule has 1 N–H and O–H groups in total. The van der Waals surface area contributed by atoms with Gasteiger partial charge in [0.05, 0.1) is 19.0 Å². The molecule has 0 bridgehead atoms. The Morgan fingerprint density at radius 1 is 1.45 bits per heavy atom.